The predicted molar refractivity (Wildman–Crippen MR) is 64.7 cm³/mol. The van der Waals surface area contributed by atoms with Crippen LogP contribution < -0.4 is 10.6 Å². The lowest BCUT2D eigenvalue weighted by molar-refractivity contribution is 1.15. The number of hydrogen-bond acceptors (Lipinski definition) is 2. The maximum atomic E-state index is 5.89. The van der Waals surface area contributed by atoms with Gasteiger partial charge in [-0.05, 0) is 30.3 Å². The molecule has 1 aromatic carbocycles. The number of benzene rings is 1. The van der Waals surface area contributed by atoms with Gasteiger partial charge >= 0.3 is 0 Å². The minimum absolute atomic E-state index is 0.649. The number of H-pyrrole nitrogens is 1. The molecule has 0 bridgehead atoms. The molecule has 15 heavy (non-hydrogen) atoms. The summed E-state index contributed by atoms with van der Waals surface area (Å²) in [6, 6.07) is 9.40. The van der Waals surface area contributed by atoms with Gasteiger partial charge in [-0.3, -0.25) is 0 Å². The number of nitrogen functional groups attached to an aromatic ring is 1. The lowest BCUT2D eigenvalue weighted by atomic mass is 10.2. The molecule has 0 spiro atoms. The van der Waals surface area contributed by atoms with Gasteiger partial charge in [0.05, 0.1) is 11.4 Å². The monoisotopic (exact) mass is 221 g/mol. The molecule has 0 saturated heterocycles. The third-order valence-electron chi connectivity index (χ3n) is 2.29. The summed E-state index contributed by atoms with van der Waals surface area (Å²) < 4.78 is 0. The van der Waals surface area contributed by atoms with E-state index in [0.717, 1.165) is 11.5 Å². The number of aromatic nitrogens is 1. The lowest BCUT2D eigenvalue weighted by Crippen LogP contribution is -2.11. The Kier molecular flexibility index (Phi) is 2.56. The molecule has 0 aliphatic carbocycles. The molecule has 78 valence electrons. The SMILES string of the molecule is CN(c1ccc[nH]1)c1ccc(Cl)cc1N. The molecule has 0 atom stereocenters. The molecule has 3 N–H and O–H groups in total. The molecule has 0 unspecified atom stereocenters. The fourth-order valence-corrected chi connectivity index (χ4v) is 1.67. The first-order chi connectivity index (χ1) is 7.18. The van der Waals surface area contributed by atoms with Crippen LogP contribution in [-0.4, -0.2) is 12.0 Å². The van der Waals surface area contributed by atoms with Crippen molar-refractivity contribution in [3.05, 3.63) is 41.6 Å². The Morgan fingerprint density at radius 3 is 2.73 bits per heavy atom. The highest BCUT2D eigenvalue weighted by atomic mass is 35.5. The smallest absolute Gasteiger partial charge is 0.110 e. The fourth-order valence-electron chi connectivity index (χ4n) is 1.49. The fraction of sp³-hybridized carbons (Fsp3) is 0.0909. The normalized spacial score (nSPS) is 10.3. The first-order valence-corrected chi connectivity index (χ1v) is 4.98. The lowest BCUT2D eigenvalue weighted by Gasteiger charge is -2.19. The largest absolute Gasteiger partial charge is 0.397 e. The molecule has 0 aliphatic heterocycles. The first-order valence-electron chi connectivity index (χ1n) is 4.60. The van der Waals surface area contributed by atoms with Crippen molar-refractivity contribution in [1.82, 2.24) is 4.98 Å². The van der Waals surface area contributed by atoms with Crippen molar-refractivity contribution >= 4 is 28.8 Å². The number of nitrogens with zero attached hydrogens (tertiary/aromatic N) is 1. The number of nitrogens with one attached hydrogen (secondary N) is 1. The van der Waals surface area contributed by atoms with Crippen LogP contribution in [0.3, 0.4) is 0 Å². The molecule has 3 nitrogen and oxygen atoms in total. The van der Waals surface area contributed by atoms with E-state index >= 15 is 0 Å². The van der Waals surface area contributed by atoms with Gasteiger partial charge in [0.1, 0.15) is 5.82 Å². The van der Waals surface area contributed by atoms with Gasteiger partial charge in [-0.15, -0.1) is 0 Å². The molecular weight excluding hydrogens is 210 g/mol. The van der Waals surface area contributed by atoms with E-state index in [1.807, 2.05) is 42.4 Å². The van der Waals surface area contributed by atoms with Crippen molar-refractivity contribution < 1.29 is 0 Å². The second kappa shape index (κ2) is 3.87. The topological polar surface area (TPSA) is 45.0 Å². The van der Waals surface area contributed by atoms with Crippen LogP contribution >= 0.6 is 11.6 Å². The van der Waals surface area contributed by atoms with Crippen molar-refractivity contribution in [2.75, 3.05) is 17.7 Å². The molecule has 2 rings (SSSR count). The van der Waals surface area contributed by atoms with E-state index in [4.69, 9.17) is 17.3 Å². The second-order valence-electron chi connectivity index (χ2n) is 3.32. The molecule has 0 radical (unpaired) electrons. The number of halogens is 1. The molecule has 2 aromatic rings. The summed E-state index contributed by atoms with van der Waals surface area (Å²) in [5, 5.41) is 0.649. The van der Waals surface area contributed by atoms with Gasteiger partial charge < -0.3 is 15.6 Å². The van der Waals surface area contributed by atoms with E-state index in [1.54, 1.807) is 6.07 Å². The van der Waals surface area contributed by atoms with Crippen LogP contribution in [0.5, 0.6) is 0 Å². The summed E-state index contributed by atoms with van der Waals surface area (Å²) in [7, 11) is 1.95. The molecule has 4 heteroatoms. The number of aromatic amines is 1. The number of hydrogen-bond donors (Lipinski definition) is 2. The highest BCUT2D eigenvalue weighted by Gasteiger charge is 2.07. The van der Waals surface area contributed by atoms with Crippen molar-refractivity contribution in [2.24, 2.45) is 0 Å². The van der Waals surface area contributed by atoms with Crippen LogP contribution in [0.25, 0.3) is 0 Å². The number of rotatable bonds is 2. The maximum Gasteiger partial charge on any atom is 0.110 e. The average molecular weight is 222 g/mol. The van der Waals surface area contributed by atoms with Gasteiger partial charge in [0.25, 0.3) is 0 Å². The molecule has 0 aliphatic rings. The van der Waals surface area contributed by atoms with Gasteiger partial charge in [0.15, 0.2) is 0 Å². The first kappa shape index (κ1) is 9.93. The minimum Gasteiger partial charge on any atom is -0.397 e. The Morgan fingerprint density at radius 1 is 1.33 bits per heavy atom. The van der Waals surface area contributed by atoms with Crippen LogP contribution in [0, 0.1) is 0 Å². The average Bonchev–Trinajstić information content (AvgIpc) is 2.69. The van der Waals surface area contributed by atoms with Crippen molar-refractivity contribution in [1.29, 1.82) is 0 Å². The Hall–Kier alpha value is -1.61. The summed E-state index contributed by atoms with van der Waals surface area (Å²) in [5.74, 6) is 0.990. The standard InChI is InChI=1S/C11H12ClN3/c1-15(11-3-2-6-14-11)10-5-4-8(12)7-9(10)13/h2-7,14H,13H2,1H3. The number of nitrogens with two attached hydrogens (primary N) is 1. The quantitative estimate of drug-likeness (QED) is 0.766. The predicted octanol–water partition coefficient (Wildman–Crippen LogP) is 3.02. The summed E-state index contributed by atoms with van der Waals surface area (Å²) >= 11 is 5.84. The zero-order valence-corrected chi connectivity index (χ0v) is 9.12. The maximum absolute atomic E-state index is 5.89. The Labute approximate surface area is 93.5 Å². The third-order valence-corrected chi connectivity index (χ3v) is 2.53. The molecule has 0 saturated carbocycles. The van der Waals surface area contributed by atoms with E-state index in [1.165, 1.54) is 0 Å². The Balaban J connectivity index is 2.38. The highest BCUT2D eigenvalue weighted by molar-refractivity contribution is 6.31. The van der Waals surface area contributed by atoms with Gasteiger partial charge in [0.2, 0.25) is 0 Å². The summed E-state index contributed by atoms with van der Waals surface area (Å²) in [5.41, 5.74) is 7.49. The van der Waals surface area contributed by atoms with E-state index in [2.05, 4.69) is 4.98 Å². The van der Waals surface area contributed by atoms with Crippen molar-refractivity contribution in [3.8, 4) is 0 Å². The van der Waals surface area contributed by atoms with E-state index in [9.17, 15) is 0 Å². The van der Waals surface area contributed by atoms with Crippen molar-refractivity contribution in [3.63, 3.8) is 0 Å². The summed E-state index contributed by atoms with van der Waals surface area (Å²) in [6.07, 6.45) is 1.87. The van der Waals surface area contributed by atoms with E-state index in [-0.39, 0.29) is 0 Å². The second-order valence-corrected chi connectivity index (χ2v) is 3.75. The highest BCUT2D eigenvalue weighted by Crippen LogP contribution is 2.29. The van der Waals surface area contributed by atoms with Crippen molar-refractivity contribution in [2.45, 2.75) is 0 Å². The van der Waals surface area contributed by atoms with Gasteiger partial charge in [-0.25, -0.2) is 0 Å². The molecular formula is C11H12ClN3. The Bertz CT molecular complexity index is 451. The van der Waals surface area contributed by atoms with Crippen LogP contribution in [0.15, 0.2) is 36.5 Å². The van der Waals surface area contributed by atoms with Crippen LogP contribution in [-0.2, 0) is 0 Å². The molecule has 0 amide bonds. The van der Waals surface area contributed by atoms with Crippen LogP contribution in [0.4, 0.5) is 17.2 Å². The molecule has 0 fully saturated rings. The number of anilines is 3. The summed E-state index contributed by atoms with van der Waals surface area (Å²) in [4.78, 5) is 5.09. The van der Waals surface area contributed by atoms with Crippen LogP contribution in [0.2, 0.25) is 5.02 Å². The van der Waals surface area contributed by atoms with E-state index in [0.29, 0.717) is 10.7 Å². The minimum atomic E-state index is 0.649. The van der Waals surface area contributed by atoms with Crippen LogP contribution in [0.1, 0.15) is 0 Å². The van der Waals surface area contributed by atoms with Gasteiger partial charge in [-0.2, -0.15) is 0 Å². The molecule has 1 aromatic heterocycles. The zero-order valence-electron chi connectivity index (χ0n) is 8.37. The third kappa shape index (κ3) is 1.92. The van der Waals surface area contributed by atoms with Gasteiger partial charge in [-0.1, -0.05) is 11.6 Å². The van der Waals surface area contributed by atoms with Gasteiger partial charge in [0, 0.05) is 18.3 Å². The summed E-state index contributed by atoms with van der Waals surface area (Å²) in [6.45, 7) is 0. The van der Waals surface area contributed by atoms with E-state index < -0.39 is 0 Å². The zero-order chi connectivity index (χ0) is 10.8. The molecule has 1 heterocycles. The Morgan fingerprint density at radius 2 is 2.13 bits per heavy atom.